The molecule has 1 aromatic carbocycles. The van der Waals surface area contributed by atoms with Gasteiger partial charge in [-0.3, -0.25) is 0 Å². The highest BCUT2D eigenvalue weighted by Crippen LogP contribution is 2.52. The second kappa shape index (κ2) is 3.99. The molecule has 1 amide bonds. The van der Waals surface area contributed by atoms with Gasteiger partial charge >= 0.3 is 6.09 Å². The molecule has 0 radical (unpaired) electrons. The fourth-order valence-electron chi connectivity index (χ4n) is 2.92. The van der Waals surface area contributed by atoms with Crippen LogP contribution in [-0.2, 0) is 16.7 Å². The largest absolute Gasteiger partial charge is 0.444 e. The average Bonchev–Trinajstić information content (AvgIpc) is 3.07. The maximum atomic E-state index is 12.2. The number of amides is 1. The fourth-order valence-corrected chi connectivity index (χ4v) is 2.92. The van der Waals surface area contributed by atoms with E-state index < -0.39 is 5.60 Å². The first-order valence-electron chi connectivity index (χ1n) is 6.96. The standard InChI is InChI=1S/C16H21NO2/c1-15(2,3)19-14(18)17-10-12-6-4-5-7-13(12)16(11-17)8-9-16/h4-7H,8-11H2,1-3H3. The molecule has 2 aliphatic rings. The number of hydrogen-bond acceptors (Lipinski definition) is 2. The first-order chi connectivity index (χ1) is 8.90. The third-order valence-electron chi connectivity index (χ3n) is 3.95. The van der Waals surface area contributed by atoms with E-state index in [0.29, 0.717) is 6.54 Å². The third-order valence-corrected chi connectivity index (χ3v) is 3.95. The molecule has 0 saturated heterocycles. The number of rotatable bonds is 0. The van der Waals surface area contributed by atoms with Crippen molar-refractivity contribution < 1.29 is 9.53 Å². The van der Waals surface area contributed by atoms with Crippen LogP contribution >= 0.6 is 0 Å². The summed E-state index contributed by atoms with van der Waals surface area (Å²) in [6.07, 6.45) is 2.18. The molecular formula is C16H21NO2. The van der Waals surface area contributed by atoms with E-state index >= 15 is 0 Å². The Morgan fingerprint density at radius 2 is 1.95 bits per heavy atom. The van der Waals surface area contributed by atoms with Crippen molar-refractivity contribution in [2.24, 2.45) is 0 Å². The molecule has 0 aromatic heterocycles. The minimum Gasteiger partial charge on any atom is -0.444 e. The van der Waals surface area contributed by atoms with Crippen LogP contribution in [0.1, 0.15) is 44.7 Å². The van der Waals surface area contributed by atoms with Gasteiger partial charge in [-0.25, -0.2) is 4.79 Å². The van der Waals surface area contributed by atoms with Gasteiger partial charge in [0.1, 0.15) is 5.60 Å². The lowest BCUT2D eigenvalue weighted by molar-refractivity contribution is 0.0197. The Morgan fingerprint density at radius 3 is 2.58 bits per heavy atom. The van der Waals surface area contributed by atoms with Gasteiger partial charge in [0, 0.05) is 18.5 Å². The zero-order valence-corrected chi connectivity index (χ0v) is 11.9. The first kappa shape index (κ1) is 12.5. The first-order valence-corrected chi connectivity index (χ1v) is 6.96. The molecule has 3 rings (SSSR count). The summed E-state index contributed by atoms with van der Waals surface area (Å²) in [5.74, 6) is 0. The average molecular weight is 259 g/mol. The van der Waals surface area contributed by atoms with Crippen LogP contribution in [0.15, 0.2) is 24.3 Å². The summed E-state index contributed by atoms with van der Waals surface area (Å²) in [6, 6.07) is 8.50. The van der Waals surface area contributed by atoms with E-state index in [1.807, 2.05) is 31.7 Å². The molecule has 0 N–H and O–H groups in total. The van der Waals surface area contributed by atoms with Crippen LogP contribution in [0.4, 0.5) is 4.79 Å². The van der Waals surface area contributed by atoms with Crippen LogP contribution in [0.5, 0.6) is 0 Å². The molecular weight excluding hydrogens is 238 g/mol. The van der Waals surface area contributed by atoms with Gasteiger partial charge in [0.05, 0.1) is 0 Å². The Morgan fingerprint density at radius 1 is 1.26 bits per heavy atom. The van der Waals surface area contributed by atoms with Crippen molar-refractivity contribution >= 4 is 6.09 Å². The quantitative estimate of drug-likeness (QED) is 0.714. The second-order valence-corrected chi connectivity index (χ2v) is 6.77. The molecule has 3 nitrogen and oxygen atoms in total. The number of carbonyl (C=O) groups excluding carboxylic acids is 1. The zero-order chi connectivity index (χ0) is 13.7. The van der Waals surface area contributed by atoms with Crippen molar-refractivity contribution in [2.45, 2.75) is 51.2 Å². The highest BCUT2D eigenvalue weighted by molar-refractivity contribution is 5.69. The van der Waals surface area contributed by atoms with Gasteiger partial charge in [-0.1, -0.05) is 24.3 Å². The van der Waals surface area contributed by atoms with Crippen molar-refractivity contribution in [2.75, 3.05) is 6.54 Å². The predicted octanol–water partition coefficient (Wildman–Crippen LogP) is 3.47. The normalized spacial score (nSPS) is 20.1. The molecule has 1 aliphatic carbocycles. The second-order valence-electron chi connectivity index (χ2n) is 6.77. The van der Waals surface area contributed by atoms with E-state index in [4.69, 9.17) is 4.74 Å². The van der Waals surface area contributed by atoms with Gasteiger partial charge < -0.3 is 9.64 Å². The number of nitrogens with zero attached hydrogens (tertiary/aromatic N) is 1. The van der Waals surface area contributed by atoms with Crippen LogP contribution < -0.4 is 0 Å². The van der Waals surface area contributed by atoms with Crippen LogP contribution in [0.3, 0.4) is 0 Å². The van der Waals surface area contributed by atoms with Crippen LogP contribution in [0, 0.1) is 0 Å². The lowest BCUT2D eigenvalue weighted by Crippen LogP contribution is -2.44. The SMILES string of the molecule is CC(C)(C)OC(=O)N1Cc2ccccc2C2(CC2)C1. The number of hydrogen-bond donors (Lipinski definition) is 0. The number of benzene rings is 1. The van der Waals surface area contributed by atoms with Gasteiger partial charge in [0.15, 0.2) is 0 Å². The topological polar surface area (TPSA) is 29.5 Å². The molecule has 1 aromatic rings. The van der Waals surface area contributed by atoms with Crippen LogP contribution in [0.25, 0.3) is 0 Å². The summed E-state index contributed by atoms with van der Waals surface area (Å²) in [7, 11) is 0. The third kappa shape index (κ3) is 2.34. The number of ether oxygens (including phenoxy) is 1. The van der Waals surface area contributed by atoms with Crippen molar-refractivity contribution in [1.82, 2.24) is 4.90 Å². The predicted molar refractivity (Wildman–Crippen MR) is 74.0 cm³/mol. The number of fused-ring (bicyclic) bond motifs is 2. The molecule has 1 heterocycles. The van der Waals surface area contributed by atoms with E-state index in [-0.39, 0.29) is 11.5 Å². The number of carbonyl (C=O) groups is 1. The molecule has 19 heavy (non-hydrogen) atoms. The summed E-state index contributed by atoms with van der Waals surface area (Å²) in [6.45, 7) is 7.22. The Bertz CT molecular complexity index is 512. The minimum atomic E-state index is -0.426. The summed E-state index contributed by atoms with van der Waals surface area (Å²) in [4.78, 5) is 14.1. The van der Waals surface area contributed by atoms with Gasteiger partial charge in [-0.2, -0.15) is 0 Å². The maximum Gasteiger partial charge on any atom is 0.410 e. The fraction of sp³-hybridized carbons (Fsp3) is 0.562. The van der Waals surface area contributed by atoms with Crippen molar-refractivity contribution in [3.63, 3.8) is 0 Å². The van der Waals surface area contributed by atoms with E-state index in [1.54, 1.807) is 0 Å². The van der Waals surface area contributed by atoms with E-state index in [9.17, 15) is 4.79 Å². The molecule has 1 spiro atoms. The molecule has 0 atom stereocenters. The van der Waals surface area contributed by atoms with Crippen LogP contribution in [0.2, 0.25) is 0 Å². The molecule has 0 bridgehead atoms. The van der Waals surface area contributed by atoms with Crippen LogP contribution in [-0.4, -0.2) is 23.1 Å². The molecule has 1 fully saturated rings. The summed E-state index contributed by atoms with van der Waals surface area (Å²) >= 11 is 0. The Kier molecular flexibility index (Phi) is 2.63. The highest BCUT2D eigenvalue weighted by Gasteiger charge is 2.50. The smallest absolute Gasteiger partial charge is 0.410 e. The van der Waals surface area contributed by atoms with Crippen molar-refractivity contribution in [3.8, 4) is 0 Å². The minimum absolute atomic E-state index is 0.187. The van der Waals surface area contributed by atoms with Gasteiger partial charge in [0.25, 0.3) is 0 Å². The molecule has 1 saturated carbocycles. The Hall–Kier alpha value is -1.51. The molecule has 0 unspecified atom stereocenters. The lowest BCUT2D eigenvalue weighted by Gasteiger charge is -2.36. The van der Waals surface area contributed by atoms with Crippen molar-refractivity contribution in [1.29, 1.82) is 0 Å². The molecule has 1 aliphatic heterocycles. The summed E-state index contributed by atoms with van der Waals surface area (Å²) in [5, 5.41) is 0. The van der Waals surface area contributed by atoms with Gasteiger partial charge in [-0.05, 0) is 44.7 Å². The highest BCUT2D eigenvalue weighted by atomic mass is 16.6. The Labute approximate surface area is 114 Å². The Balaban J connectivity index is 1.83. The van der Waals surface area contributed by atoms with E-state index in [1.165, 1.54) is 24.0 Å². The summed E-state index contributed by atoms with van der Waals surface area (Å²) in [5.41, 5.74) is 2.50. The van der Waals surface area contributed by atoms with Gasteiger partial charge in [0.2, 0.25) is 0 Å². The zero-order valence-electron chi connectivity index (χ0n) is 11.9. The summed E-state index contributed by atoms with van der Waals surface area (Å²) < 4.78 is 5.50. The monoisotopic (exact) mass is 259 g/mol. The van der Waals surface area contributed by atoms with Gasteiger partial charge in [-0.15, -0.1) is 0 Å². The molecule has 3 heteroatoms. The van der Waals surface area contributed by atoms with E-state index in [2.05, 4.69) is 18.2 Å². The lowest BCUT2D eigenvalue weighted by atomic mass is 9.87. The molecule has 102 valence electrons. The van der Waals surface area contributed by atoms with Crippen molar-refractivity contribution in [3.05, 3.63) is 35.4 Å². The maximum absolute atomic E-state index is 12.2. The van der Waals surface area contributed by atoms with E-state index in [0.717, 1.165) is 6.54 Å².